The quantitative estimate of drug-likeness (QED) is 0.823. The molecule has 0 spiro atoms. The van der Waals surface area contributed by atoms with Gasteiger partial charge in [-0.15, -0.1) is 0 Å². The topological polar surface area (TPSA) is 49.2 Å². The van der Waals surface area contributed by atoms with E-state index in [0.29, 0.717) is 12.6 Å². The van der Waals surface area contributed by atoms with E-state index >= 15 is 0 Å². The van der Waals surface area contributed by atoms with Crippen molar-refractivity contribution in [2.24, 2.45) is 0 Å². The van der Waals surface area contributed by atoms with Crippen LogP contribution < -0.4 is 4.90 Å². The van der Waals surface area contributed by atoms with Gasteiger partial charge in [-0.25, -0.2) is 4.98 Å². The maximum Gasteiger partial charge on any atom is 0.150 e. The monoisotopic (exact) mass is 237 g/mol. The van der Waals surface area contributed by atoms with Crippen molar-refractivity contribution in [3.8, 4) is 0 Å². The molecule has 1 N–H and O–H groups in total. The Kier molecular flexibility index (Phi) is 5.35. The lowest BCUT2D eigenvalue weighted by molar-refractivity contribution is 0.295. The third-order valence-corrected chi connectivity index (χ3v) is 3.05. The summed E-state index contributed by atoms with van der Waals surface area (Å²) in [4.78, 5) is 11.1. The Bertz CT molecular complexity index is 351. The number of hydrogen-bond acceptors (Lipinski definition) is 4. The molecule has 1 rings (SSSR count). The van der Waals surface area contributed by atoms with Gasteiger partial charge in [-0.3, -0.25) is 4.98 Å². The lowest BCUT2D eigenvalue weighted by Crippen LogP contribution is -2.38. The Morgan fingerprint density at radius 2 is 1.94 bits per heavy atom. The van der Waals surface area contributed by atoms with Gasteiger partial charge in [0.15, 0.2) is 5.82 Å². The van der Waals surface area contributed by atoms with Gasteiger partial charge in [0, 0.05) is 18.8 Å². The molecule has 0 bridgehead atoms. The highest BCUT2D eigenvalue weighted by molar-refractivity contribution is 5.44. The lowest BCUT2D eigenvalue weighted by atomic mass is 10.1. The Morgan fingerprint density at radius 3 is 2.47 bits per heavy atom. The zero-order valence-corrected chi connectivity index (χ0v) is 11.3. The van der Waals surface area contributed by atoms with Gasteiger partial charge in [0.05, 0.1) is 18.0 Å². The van der Waals surface area contributed by atoms with Gasteiger partial charge < -0.3 is 10.0 Å². The summed E-state index contributed by atoms with van der Waals surface area (Å²) in [6.07, 6.45) is 3.87. The van der Waals surface area contributed by atoms with Gasteiger partial charge in [0.1, 0.15) is 0 Å². The molecule has 0 aliphatic carbocycles. The van der Waals surface area contributed by atoms with Crippen LogP contribution in [0, 0.1) is 13.8 Å². The molecule has 0 fully saturated rings. The van der Waals surface area contributed by atoms with E-state index in [1.165, 1.54) is 0 Å². The molecule has 0 unspecified atom stereocenters. The van der Waals surface area contributed by atoms with Crippen LogP contribution in [0.15, 0.2) is 6.20 Å². The molecule has 0 saturated heterocycles. The summed E-state index contributed by atoms with van der Waals surface area (Å²) in [6, 6.07) is 0.414. The Morgan fingerprint density at radius 1 is 1.29 bits per heavy atom. The summed E-state index contributed by atoms with van der Waals surface area (Å²) < 4.78 is 0. The summed E-state index contributed by atoms with van der Waals surface area (Å²) in [7, 11) is 0. The Balaban J connectivity index is 3.07. The molecule has 0 aliphatic rings. The van der Waals surface area contributed by atoms with E-state index in [1.54, 1.807) is 6.20 Å². The van der Waals surface area contributed by atoms with Crippen LogP contribution in [0.2, 0.25) is 0 Å². The third-order valence-electron chi connectivity index (χ3n) is 3.05. The SMILES string of the molecule is CCC(CC)N(CCO)c1nc(C)cnc1C. The first kappa shape index (κ1) is 13.9. The van der Waals surface area contributed by atoms with Crippen molar-refractivity contribution >= 4 is 5.82 Å². The van der Waals surface area contributed by atoms with E-state index < -0.39 is 0 Å². The normalized spacial score (nSPS) is 10.9. The first-order valence-electron chi connectivity index (χ1n) is 6.31. The molecule has 1 heterocycles. The number of aromatic nitrogens is 2. The molecule has 0 radical (unpaired) electrons. The molecule has 0 saturated carbocycles. The molecule has 0 amide bonds. The van der Waals surface area contributed by atoms with Crippen molar-refractivity contribution in [2.75, 3.05) is 18.1 Å². The van der Waals surface area contributed by atoms with Crippen LogP contribution in [0.4, 0.5) is 5.82 Å². The summed E-state index contributed by atoms with van der Waals surface area (Å²) in [5, 5.41) is 9.21. The molecular formula is C13H23N3O. The molecule has 1 aromatic rings. The van der Waals surface area contributed by atoms with E-state index in [2.05, 4.69) is 28.7 Å². The smallest absolute Gasteiger partial charge is 0.150 e. The maximum absolute atomic E-state index is 9.21. The van der Waals surface area contributed by atoms with Crippen molar-refractivity contribution in [1.29, 1.82) is 0 Å². The van der Waals surface area contributed by atoms with Crippen molar-refractivity contribution in [3.05, 3.63) is 17.6 Å². The fourth-order valence-corrected chi connectivity index (χ4v) is 2.10. The van der Waals surface area contributed by atoms with Crippen LogP contribution in [0.1, 0.15) is 38.1 Å². The molecule has 4 nitrogen and oxygen atoms in total. The Hall–Kier alpha value is -1.16. The van der Waals surface area contributed by atoms with E-state index in [0.717, 1.165) is 30.0 Å². The number of hydrogen-bond donors (Lipinski definition) is 1. The second-order valence-electron chi connectivity index (χ2n) is 4.31. The molecule has 96 valence electrons. The largest absolute Gasteiger partial charge is 0.395 e. The van der Waals surface area contributed by atoms with Gasteiger partial charge in [-0.05, 0) is 26.7 Å². The summed E-state index contributed by atoms with van der Waals surface area (Å²) >= 11 is 0. The van der Waals surface area contributed by atoms with Gasteiger partial charge in [-0.2, -0.15) is 0 Å². The number of aryl methyl sites for hydroxylation is 2. The second-order valence-corrected chi connectivity index (χ2v) is 4.31. The van der Waals surface area contributed by atoms with E-state index in [9.17, 15) is 5.11 Å². The predicted molar refractivity (Wildman–Crippen MR) is 70.3 cm³/mol. The molecule has 0 aliphatic heterocycles. The summed E-state index contributed by atoms with van der Waals surface area (Å²) in [6.45, 7) is 9.00. The highest BCUT2D eigenvalue weighted by Gasteiger charge is 2.18. The fourth-order valence-electron chi connectivity index (χ4n) is 2.10. The van der Waals surface area contributed by atoms with Crippen LogP contribution in [0.3, 0.4) is 0 Å². The van der Waals surface area contributed by atoms with Crippen LogP contribution >= 0.6 is 0 Å². The second kappa shape index (κ2) is 6.55. The molecule has 4 heteroatoms. The zero-order chi connectivity index (χ0) is 12.8. The van der Waals surface area contributed by atoms with Crippen LogP contribution in [-0.2, 0) is 0 Å². The number of aliphatic hydroxyl groups excluding tert-OH is 1. The molecule has 0 aromatic carbocycles. The van der Waals surface area contributed by atoms with Crippen molar-refractivity contribution in [2.45, 2.75) is 46.6 Å². The number of anilines is 1. The Labute approximate surface area is 104 Å². The summed E-state index contributed by atoms with van der Waals surface area (Å²) in [5.41, 5.74) is 1.84. The fraction of sp³-hybridized carbons (Fsp3) is 0.692. The number of rotatable bonds is 6. The summed E-state index contributed by atoms with van der Waals surface area (Å²) in [5.74, 6) is 0.910. The highest BCUT2D eigenvalue weighted by Crippen LogP contribution is 2.20. The molecule has 0 atom stereocenters. The lowest BCUT2D eigenvalue weighted by Gasteiger charge is -2.31. The predicted octanol–water partition coefficient (Wildman–Crippen LogP) is 2.08. The average Bonchev–Trinajstić information content (AvgIpc) is 2.33. The van der Waals surface area contributed by atoms with Gasteiger partial charge >= 0.3 is 0 Å². The maximum atomic E-state index is 9.21. The van der Waals surface area contributed by atoms with E-state index in [1.807, 2.05) is 13.8 Å². The highest BCUT2D eigenvalue weighted by atomic mass is 16.3. The first-order chi connectivity index (χ1) is 8.13. The first-order valence-corrected chi connectivity index (χ1v) is 6.31. The molecule has 1 aromatic heterocycles. The minimum atomic E-state index is 0.144. The van der Waals surface area contributed by atoms with Gasteiger partial charge in [0.25, 0.3) is 0 Å². The van der Waals surface area contributed by atoms with Crippen molar-refractivity contribution in [1.82, 2.24) is 9.97 Å². The van der Waals surface area contributed by atoms with Crippen molar-refractivity contribution < 1.29 is 5.11 Å². The van der Waals surface area contributed by atoms with Crippen molar-refractivity contribution in [3.63, 3.8) is 0 Å². The van der Waals surface area contributed by atoms with E-state index in [4.69, 9.17) is 0 Å². The molecular weight excluding hydrogens is 214 g/mol. The minimum absolute atomic E-state index is 0.144. The number of nitrogens with zero attached hydrogens (tertiary/aromatic N) is 3. The zero-order valence-electron chi connectivity index (χ0n) is 11.3. The minimum Gasteiger partial charge on any atom is -0.395 e. The molecule has 17 heavy (non-hydrogen) atoms. The van der Waals surface area contributed by atoms with Crippen LogP contribution in [0.25, 0.3) is 0 Å². The van der Waals surface area contributed by atoms with Crippen LogP contribution in [0.5, 0.6) is 0 Å². The standard InChI is InChI=1S/C13H23N3O/c1-5-12(6-2)16(7-8-17)13-11(4)14-9-10(3)15-13/h9,12,17H,5-8H2,1-4H3. The van der Waals surface area contributed by atoms with Crippen LogP contribution in [-0.4, -0.2) is 34.3 Å². The van der Waals surface area contributed by atoms with Gasteiger partial charge in [0.2, 0.25) is 0 Å². The average molecular weight is 237 g/mol. The third kappa shape index (κ3) is 3.40. The van der Waals surface area contributed by atoms with Gasteiger partial charge in [-0.1, -0.05) is 13.8 Å². The van der Waals surface area contributed by atoms with E-state index in [-0.39, 0.29) is 6.61 Å². The number of aliphatic hydroxyl groups is 1.